The molecule has 1 rings (SSSR count). The van der Waals surface area contributed by atoms with Crippen molar-refractivity contribution in [3.8, 4) is 0 Å². The fourth-order valence-corrected chi connectivity index (χ4v) is 1.92. The van der Waals surface area contributed by atoms with Crippen molar-refractivity contribution in [3.05, 3.63) is 10.0 Å². The monoisotopic (exact) mass is 190 g/mol. The Balaban J connectivity index is 2.95. The van der Waals surface area contributed by atoms with Gasteiger partial charge in [0.15, 0.2) is 5.13 Å². The molecular formula is C7H11ClN2S. The number of halogens is 1. The highest BCUT2D eigenvalue weighted by atomic mass is 35.5. The molecule has 11 heavy (non-hydrogen) atoms. The molecule has 0 fully saturated rings. The smallest absolute Gasteiger partial charge is 0.186 e. The van der Waals surface area contributed by atoms with Gasteiger partial charge in [0.1, 0.15) is 5.15 Å². The normalized spacial score (nSPS) is 10.2. The third-order valence-corrected chi connectivity index (χ3v) is 3.13. The van der Waals surface area contributed by atoms with Gasteiger partial charge in [-0.1, -0.05) is 18.5 Å². The Labute approximate surface area is 75.8 Å². The molecule has 1 aromatic rings. The molecule has 0 radical (unpaired) electrons. The lowest BCUT2D eigenvalue weighted by Gasteiger charge is -2.04. The fraction of sp³-hybridized carbons (Fsp3) is 0.571. The summed E-state index contributed by atoms with van der Waals surface area (Å²) in [4.78, 5) is 7.32. The Hall–Kier alpha value is -0.280. The lowest BCUT2D eigenvalue weighted by atomic mass is 10.4. The van der Waals surface area contributed by atoms with Crippen molar-refractivity contribution < 1.29 is 0 Å². The first-order valence-electron chi connectivity index (χ1n) is 3.47. The van der Waals surface area contributed by atoms with E-state index in [-0.39, 0.29) is 0 Å². The molecule has 0 saturated heterocycles. The molecule has 0 aliphatic rings. The lowest BCUT2D eigenvalue weighted by Crippen LogP contribution is -2.07. The molecule has 0 N–H and O–H groups in total. The van der Waals surface area contributed by atoms with Crippen molar-refractivity contribution >= 4 is 28.1 Å². The Morgan fingerprint density at radius 2 is 2.18 bits per heavy atom. The molecule has 0 aliphatic heterocycles. The third kappa shape index (κ3) is 1.84. The molecule has 0 amide bonds. The zero-order valence-corrected chi connectivity index (χ0v) is 8.46. The number of hydrogen-bond donors (Lipinski definition) is 0. The largest absolute Gasteiger partial charge is 0.354 e. The van der Waals surface area contributed by atoms with Crippen LogP contribution in [0.5, 0.6) is 0 Å². The van der Waals surface area contributed by atoms with Crippen molar-refractivity contribution in [3.63, 3.8) is 0 Å². The number of thiazole rings is 1. The van der Waals surface area contributed by atoms with E-state index < -0.39 is 0 Å². The van der Waals surface area contributed by atoms with Crippen molar-refractivity contribution in [2.45, 2.75) is 13.3 Å². The first-order chi connectivity index (χ1) is 5.15. The summed E-state index contributed by atoms with van der Waals surface area (Å²) < 4.78 is 0. The molecule has 0 saturated carbocycles. The number of nitrogens with zero attached hydrogens (tertiary/aromatic N) is 2. The number of aromatic nitrogens is 1. The van der Waals surface area contributed by atoms with E-state index in [1.807, 2.05) is 19.0 Å². The predicted molar refractivity (Wildman–Crippen MR) is 50.8 cm³/mol. The maximum absolute atomic E-state index is 5.86. The molecule has 0 spiro atoms. The van der Waals surface area contributed by atoms with Gasteiger partial charge in [0.25, 0.3) is 0 Å². The van der Waals surface area contributed by atoms with Crippen LogP contribution in [0.15, 0.2) is 0 Å². The molecule has 0 aromatic carbocycles. The second-order valence-electron chi connectivity index (χ2n) is 2.46. The molecule has 2 nitrogen and oxygen atoms in total. The van der Waals surface area contributed by atoms with Crippen LogP contribution in [-0.4, -0.2) is 19.1 Å². The summed E-state index contributed by atoms with van der Waals surface area (Å²) in [7, 11) is 3.93. The standard InChI is InChI=1S/C7H11ClN2S/c1-4-5-6(8)9-7(11-5)10(2)3/h4H2,1-3H3. The van der Waals surface area contributed by atoms with E-state index in [0.717, 1.165) is 16.4 Å². The molecular weight excluding hydrogens is 180 g/mol. The number of hydrogen-bond acceptors (Lipinski definition) is 3. The van der Waals surface area contributed by atoms with E-state index in [2.05, 4.69) is 11.9 Å². The summed E-state index contributed by atoms with van der Waals surface area (Å²) in [5, 5.41) is 1.63. The van der Waals surface area contributed by atoms with Crippen LogP contribution >= 0.6 is 22.9 Å². The maximum atomic E-state index is 5.86. The summed E-state index contributed by atoms with van der Waals surface area (Å²) in [6.45, 7) is 2.08. The van der Waals surface area contributed by atoms with E-state index >= 15 is 0 Å². The van der Waals surface area contributed by atoms with Crippen LogP contribution < -0.4 is 4.90 Å². The minimum atomic E-state index is 0.654. The molecule has 0 unspecified atom stereocenters. The minimum absolute atomic E-state index is 0.654. The number of rotatable bonds is 2. The van der Waals surface area contributed by atoms with Gasteiger partial charge in [-0.25, -0.2) is 4.98 Å². The topological polar surface area (TPSA) is 16.1 Å². The fourth-order valence-electron chi connectivity index (χ4n) is 0.731. The van der Waals surface area contributed by atoms with Gasteiger partial charge in [-0.2, -0.15) is 0 Å². The number of anilines is 1. The van der Waals surface area contributed by atoms with E-state index in [1.54, 1.807) is 11.3 Å². The summed E-state index contributed by atoms with van der Waals surface area (Å²) in [5.74, 6) is 0. The zero-order chi connectivity index (χ0) is 8.43. The van der Waals surface area contributed by atoms with Gasteiger partial charge < -0.3 is 4.90 Å². The summed E-state index contributed by atoms with van der Waals surface area (Å²) >= 11 is 7.51. The van der Waals surface area contributed by atoms with E-state index in [1.165, 1.54) is 0 Å². The molecule has 0 atom stereocenters. The van der Waals surface area contributed by atoms with Gasteiger partial charge in [0, 0.05) is 19.0 Å². The highest BCUT2D eigenvalue weighted by Gasteiger charge is 2.07. The summed E-state index contributed by atoms with van der Waals surface area (Å²) in [5.41, 5.74) is 0. The molecule has 1 heterocycles. The van der Waals surface area contributed by atoms with Crippen LogP contribution in [0.4, 0.5) is 5.13 Å². The van der Waals surface area contributed by atoms with Gasteiger partial charge in [0.05, 0.1) is 0 Å². The van der Waals surface area contributed by atoms with Crippen molar-refractivity contribution in [2.24, 2.45) is 0 Å². The van der Waals surface area contributed by atoms with Crippen LogP contribution in [0.3, 0.4) is 0 Å². The van der Waals surface area contributed by atoms with Crippen LogP contribution in [0.2, 0.25) is 5.15 Å². The van der Waals surface area contributed by atoms with Crippen LogP contribution in [0.25, 0.3) is 0 Å². The second-order valence-corrected chi connectivity index (χ2v) is 3.88. The molecule has 0 bridgehead atoms. The molecule has 62 valence electrons. The van der Waals surface area contributed by atoms with Crippen molar-refractivity contribution in [1.82, 2.24) is 4.98 Å². The minimum Gasteiger partial charge on any atom is -0.354 e. The first-order valence-corrected chi connectivity index (χ1v) is 4.67. The zero-order valence-electron chi connectivity index (χ0n) is 6.89. The average molecular weight is 191 g/mol. The summed E-state index contributed by atoms with van der Waals surface area (Å²) in [6.07, 6.45) is 0.963. The highest BCUT2D eigenvalue weighted by Crippen LogP contribution is 2.28. The van der Waals surface area contributed by atoms with Crippen LogP contribution in [-0.2, 0) is 6.42 Å². The van der Waals surface area contributed by atoms with Gasteiger partial charge in [-0.15, -0.1) is 11.3 Å². The van der Waals surface area contributed by atoms with Gasteiger partial charge in [-0.05, 0) is 6.42 Å². The second kappa shape index (κ2) is 3.41. The maximum Gasteiger partial charge on any atom is 0.186 e. The third-order valence-electron chi connectivity index (χ3n) is 1.34. The SMILES string of the molecule is CCc1sc(N(C)C)nc1Cl. The Morgan fingerprint density at radius 1 is 1.55 bits per heavy atom. The van der Waals surface area contributed by atoms with Gasteiger partial charge in [-0.3, -0.25) is 0 Å². The molecule has 1 aromatic heterocycles. The Kier molecular flexibility index (Phi) is 2.73. The van der Waals surface area contributed by atoms with E-state index in [9.17, 15) is 0 Å². The van der Waals surface area contributed by atoms with Gasteiger partial charge in [0.2, 0.25) is 0 Å². The molecule has 0 aliphatic carbocycles. The lowest BCUT2D eigenvalue weighted by molar-refractivity contribution is 1.10. The Morgan fingerprint density at radius 3 is 2.45 bits per heavy atom. The molecule has 4 heteroatoms. The predicted octanol–water partition coefficient (Wildman–Crippen LogP) is 2.42. The summed E-state index contributed by atoms with van der Waals surface area (Å²) in [6, 6.07) is 0. The van der Waals surface area contributed by atoms with Crippen LogP contribution in [0.1, 0.15) is 11.8 Å². The highest BCUT2D eigenvalue weighted by molar-refractivity contribution is 7.16. The van der Waals surface area contributed by atoms with Crippen molar-refractivity contribution in [2.75, 3.05) is 19.0 Å². The van der Waals surface area contributed by atoms with Crippen molar-refractivity contribution in [1.29, 1.82) is 0 Å². The first kappa shape index (κ1) is 8.81. The van der Waals surface area contributed by atoms with Crippen LogP contribution in [0, 0.1) is 0 Å². The van der Waals surface area contributed by atoms with Gasteiger partial charge >= 0.3 is 0 Å². The quantitative estimate of drug-likeness (QED) is 0.712. The van der Waals surface area contributed by atoms with E-state index in [0.29, 0.717) is 5.15 Å². The Bertz CT molecular complexity index is 245. The van der Waals surface area contributed by atoms with E-state index in [4.69, 9.17) is 11.6 Å². The number of aryl methyl sites for hydroxylation is 1. The average Bonchev–Trinajstić information content (AvgIpc) is 2.31.